The molecule has 31 heavy (non-hydrogen) atoms. The fourth-order valence-electron chi connectivity index (χ4n) is 3.56. The number of benzene rings is 2. The number of nitrogens with one attached hydrogen (secondary N) is 2. The lowest BCUT2D eigenvalue weighted by atomic mass is 10.0. The van der Waals surface area contributed by atoms with E-state index in [0.717, 1.165) is 22.5 Å². The summed E-state index contributed by atoms with van der Waals surface area (Å²) in [6.45, 7) is 1.94. The number of nitrogens with zero attached hydrogens (tertiary/aromatic N) is 3. The zero-order valence-corrected chi connectivity index (χ0v) is 17.9. The van der Waals surface area contributed by atoms with Gasteiger partial charge in [0.25, 0.3) is 0 Å². The van der Waals surface area contributed by atoms with Crippen LogP contribution in [-0.4, -0.2) is 39.9 Å². The number of aromatic nitrogens is 3. The van der Waals surface area contributed by atoms with Gasteiger partial charge in [0.1, 0.15) is 23.0 Å². The molecule has 0 saturated heterocycles. The molecule has 9 heteroatoms. The smallest absolute Gasteiger partial charge is 0.410 e. The summed E-state index contributed by atoms with van der Waals surface area (Å²) in [6, 6.07) is 13.3. The molecule has 0 fully saturated rings. The van der Waals surface area contributed by atoms with Crippen molar-refractivity contribution < 1.29 is 14.6 Å². The van der Waals surface area contributed by atoms with E-state index in [0.29, 0.717) is 27.5 Å². The quantitative estimate of drug-likeness (QED) is 0.397. The Morgan fingerprint density at radius 2 is 2.00 bits per heavy atom. The number of fused-ring (bicyclic) bond motifs is 1. The van der Waals surface area contributed by atoms with Gasteiger partial charge in [-0.3, -0.25) is 9.88 Å². The van der Waals surface area contributed by atoms with E-state index in [1.54, 1.807) is 11.7 Å². The minimum atomic E-state index is -1.23. The molecule has 2 aromatic heterocycles. The first-order valence-electron chi connectivity index (χ1n) is 9.42. The van der Waals surface area contributed by atoms with Gasteiger partial charge in [0.2, 0.25) is 0 Å². The summed E-state index contributed by atoms with van der Waals surface area (Å²) in [4.78, 5) is 20.0. The first-order chi connectivity index (χ1) is 14.9. The van der Waals surface area contributed by atoms with Crippen molar-refractivity contribution in [2.24, 2.45) is 0 Å². The third-order valence-electron chi connectivity index (χ3n) is 5.01. The minimum absolute atomic E-state index is 0.150. The Morgan fingerprint density at radius 1 is 1.19 bits per heavy atom. The fourth-order valence-corrected chi connectivity index (χ4v) is 3.94. The van der Waals surface area contributed by atoms with E-state index in [1.165, 1.54) is 6.33 Å². The van der Waals surface area contributed by atoms with Crippen LogP contribution in [0.15, 0.2) is 48.8 Å². The van der Waals surface area contributed by atoms with E-state index in [1.807, 2.05) is 56.4 Å². The molecule has 1 amide bonds. The molecule has 3 N–H and O–H groups in total. The van der Waals surface area contributed by atoms with Gasteiger partial charge in [0.15, 0.2) is 5.65 Å². The summed E-state index contributed by atoms with van der Waals surface area (Å²) in [6.07, 6.45) is 0.0792. The van der Waals surface area contributed by atoms with Crippen molar-refractivity contribution in [2.45, 2.75) is 6.92 Å². The first-order valence-corrected chi connectivity index (χ1v) is 9.80. The molecule has 0 radical (unpaired) electrons. The molecule has 4 rings (SSSR count). The van der Waals surface area contributed by atoms with Crippen molar-refractivity contribution >= 4 is 40.2 Å². The Morgan fingerprint density at radius 3 is 2.71 bits per heavy atom. The monoisotopic (exact) mass is 437 g/mol. The number of amides is 1. The second-order valence-electron chi connectivity index (χ2n) is 6.84. The van der Waals surface area contributed by atoms with Crippen LogP contribution in [0.5, 0.6) is 5.75 Å². The predicted octanol–water partition coefficient (Wildman–Crippen LogP) is 5.19. The van der Waals surface area contributed by atoms with Gasteiger partial charge in [0.05, 0.1) is 18.2 Å². The highest BCUT2D eigenvalue weighted by molar-refractivity contribution is 6.35. The van der Waals surface area contributed by atoms with E-state index in [4.69, 9.17) is 16.3 Å². The topological polar surface area (TPSA) is 101 Å². The Labute approximate surface area is 183 Å². The number of aryl methyl sites for hydroxylation is 1. The van der Waals surface area contributed by atoms with Gasteiger partial charge in [-0.25, -0.2) is 14.8 Å². The number of hydrogen-bond acceptors (Lipinski definition) is 5. The third-order valence-corrected chi connectivity index (χ3v) is 5.36. The number of ether oxygens (including phenoxy) is 1. The molecule has 4 aromatic rings. The van der Waals surface area contributed by atoms with Gasteiger partial charge in [-0.15, -0.1) is 0 Å². The van der Waals surface area contributed by atoms with Crippen LogP contribution < -0.4 is 15.4 Å². The Bertz CT molecular complexity index is 1300. The SMILES string of the molecule is CNc1cccc(-n2c(Cl)c(-c3ccc(C)c(OC)c3)c3c(NC(=O)O)ncnc32)c1. The maximum Gasteiger partial charge on any atom is 0.410 e. The summed E-state index contributed by atoms with van der Waals surface area (Å²) in [5.74, 6) is 0.841. The number of methoxy groups -OCH3 is 1. The molecule has 0 bridgehead atoms. The largest absolute Gasteiger partial charge is 0.496 e. The van der Waals surface area contributed by atoms with Crippen molar-refractivity contribution in [1.29, 1.82) is 0 Å². The summed E-state index contributed by atoms with van der Waals surface area (Å²) >= 11 is 6.92. The molecule has 0 aliphatic carbocycles. The number of hydrogen-bond donors (Lipinski definition) is 3. The highest BCUT2D eigenvalue weighted by Crippen LogP contribution is 2.43. The Hall–Kier alpha value is -3.78. The van der Waals surface area contributed by atoms with Crippen molar-refractivity contribution in [3.05, 3.63) is 59.5 Å². The van der Waals surface area contributed by atoms with Gasteiger partial charge in [-0.1, -0.05) is 29.8 Å². The molecule has 0 spiro atoms. The van der Waals surface area contributed by atoms with Crippen LogP contribution in [0.3, 0.4) is 0 Å². The normalized spacial score (nSPS) is 10.8. The van der Waals surface area contributed by atoms with Crippen LogP contribution in [0.2, 0.25) is 5.15 Å². The van der Waals surface area contributed by atoms with Crippen LogP contribution in [0, 0.1) is 6.92 Å². The fraction of sp³-hybridized carbons (Fsp3) is 0.136. The van der Waals surface area contributed by atoms with Gasteiger partial charge in [-0.05, 0) is 42.3 Å². The van der Waals surface area contributed by atoms with Crippen molar-refractivity contribution in [3.8, 4) is 22.6 Å². The van der Waals surface area contributed by atoms with Gasteiger partial charge in [-0.2, -0.15) is 0 Å². The molecule has 0 saturated carbocycles. The van der Waals surface area contributed by atoms with E-state index >= 15 is 0 Å². The molecule has 0 aliphatic rings. The average molecular weight is 438 g/mol. The maximum atomic E-state index is 11.4. The van der Waals surface area contributed by atoms with Gasteiger partial charge in [0, 0.05) is 18.3 Å². The van der Waals surface area contributed by atoms with Crippen LogP contribution in [0.4, 0.5) is 16.3 Å². The van der Waals surface area contributed by atoms with Crippen LogP contribution in [0.25, 0.3) is 27.8 Å². The van der Waals surface area contributed by atoms with E-state index < -0.39 is 6.09 Å². The number of halogens is 1. The van der Waals surface area contributed by atoms with Gasteiger partial charge < -0.3 is 15.2 Å². The third kappa shape index (κ3) is 3.62. The average Bonchev–Trinajstić information content (AvgIpc) is 3.06. The molecular formula is C22H20ClN5O3. The zero-order valence-electron chi connectivity index (χ0n) is 17.1. The highest BCUT2D eigenvalue weighted by atomic mass is 35.5. The summed E-state index contributed by atoms with van der Waals surface area (Å²) in [7, 11) is 3.43. The lowest BCUT2D eigenvalue weighted by Gasteiger charge is -2.10. The second kappa shape index (κ2) is 8.16. The molecule has 2 aromatic carbocycles. The predicted molar refractivity (Wildman–Crippen MR) is 122 cm³/mol. The summed E-state index contributed by atoms with van der Waals surface area (Å²) in [5, 5.41) is 15.7. The number of anilines is 2. The molecule has 0 atom stereocenters. The second-order valence-corrected chi connectivity index (χ2v) is 7.19. The molecule has 0 aliphatic heterocycles. The van der Waals surface area contributed by atoms with Crippen LogP contribution in [0.1, 0.15) is 5.56 Å². The molecule has 0 unspecified atom stereocenters. The number of rotatable bonds is 5. The Kier molecular flexibility index (Phi) is 5.39. The van der Waals surface area contributed by atoms with E-state index in [2.05, 4.69) is 20.6 Å². The van der Waals surface area contributed by atoms with Crippen molar-refractivity contribution in [3.63, 3.8) is 0 Å². The zero-order chi connectivity index (χ0) is 22.1. The van der Waals surface area contributed by atoms with Crippen LogP contribution in [-0.2, 0) is 0 Å². The van der Waals surface area contributed by atoms with E-state index in [-0.39, 0.29) is 5.82 Å². The van der Waals surface area contributed by atoms with Crippen LogP contribution >= 0.6 is 11.6 Å². The molecular weight excluding hydrogens is 418 g/mol. The van der Waals surface area contributed by atoms with Gasteiger partial charge >= 0.3 is 6.09 Å². The lowest BCUT2D eigenvalue weighted by molar-refractivity contribution is 0.209. The lowest BCUT2D eigenvalue weighted by Crippen LogP contribution is -2.09. The first kappa shape index (κ1) is 20.5. The molecule has 2 heterocycles. The maximum absolute atomic E-state index is 11.4. The van der Waals surface area contributed by atoms with E-state index in [9.17, 15) is 9.90 Å². The molecule has 158 valence electrons. The summed E-state index contributed by atoms with van der Waals surface area (Å²) < 4.78 is 7.25. The Balaban J connectivity index is 2.09. The number of carbonyl (C=O) groups is 1. The standard InChI is InChI=1S/C22H20ClN5O3/c1-12-7-8-13(9-16(12)31-3)17-18-20(27-22(29)30)25-11-26-21(18)28(19(17)23)15-6-4-5-14(10-15)24-2/h4-11,24H,1-3H3,(H,29,30)(H,25,26,27). The molecule has 8 nitrogen and oxygen atoms in total. The minimum Gasteiger partial charge on any atom is -0.496 e. The highest BCUT2D eigenvalue weighted by Gasteiger charge is 2.24. The number of carboxylic acid groups (broad SMARTS) is 1. The van der Waals surface area contributed by atoms with Crippen molar-refractivity contribution in [1.82, 2.24) is 14.5 Å². The summed E-state index contributed by atoms with van der Waals surface area (Å²) in [5.41, 5.74) is 4.47. The van der Waals surface area contributed by atoms with Crippen molar-refractivity contribution in [2.75, 3.05) is 24.8 Å².